The Morgan fingerprint density at radius 2 is 1.78 bits per heavy atom. The highest BCUT2D eigenvalue weighted by molar-refractivity contribution is 5.85. The summed E-state index contributed by atoms with van der Waals surface area (Å²) in [5.41, 5.74) is 1.43. The predicted molar refractivity (Wildman–Crippen MR) is 92.6 cm³/mol. The zero-order valence-corrected chi connectivity index (χ0v) is 14.1. The van der Waals surface area contributed by atoms with Crippen LogP contribution in [0, 0.1) is 0 Å². The van der Waals surface area contributed by atoms with Crippen molar-refractivity contribution in [3.05, 3.63) is 48.0 Å². The second-order valence-electron chi connectivity index (χ2n) is 6.56. The fraction of sp³-hybridized carbons (Fsp3) is 0.421. The quantitative estimate of drug-likeness (QED) is 0.683. The van der Waals surface area contributed by atoms with Crippen molar-refractivity contribution in [3.63, 3.8) is 0 Å². The van der Waals surface area contributed by atoms with Crippen LogP contribution in [0.1, 0.15) is 12.5 Å². The molecule has 1 aliphatic heterocycles. The molecule has 1 heterocycles. The first-order valence-electron chi connectivity index (χ1n) is 8.55. The lowest BCUT2D eigenvalue weighted by atomic mass is 10.0. The van der Waals surface area contributed by atoms with Crippen molar-refractivity contribution in [2.24, 2.45) is 0 Å². The van der Waals surface area contributed by atoms with E-state index in [1.165, 1.54) is 21.2 Å². The number of fused-ring (bicyclic) bond motifs is 1. The number of carbonyl (C=O) groups is 1. The lowest BCUT2D eigenvalue weighted by Crippen LogP contribution is -3.29. The molecule has 0 bridgehead atoms. The fourth-order valence-electron chi connectivity index (χ4n) is 3.65. The van der Waals surface area contributed by atoms with Crippen molar-refractivity contribution in [3.8, 4) is 0 Å². The van der Waals surface area contributed by atoms with E-state index in [9.17, 15) is 4.79 Å². The number of hydrogen-bond acceptors (Lipinski definition) is 1. The molecule has 1 atom stereocenters. The Morgan fingerprint density at radius 3 is 2.52 bits per heavy atom. The molecule has 0 aromatic heterocycles. The van der Waals surface area contributed by atoms with Crippen molar-refractivity contribution >= 4 is 16.7 Å². The lowest BCUT2D eigenvalue weighted by Gasteiger charge is -2.32. The van der Waals surface area contributed by atoms with Gasteiger partial charge in [0, 0.05) is 12.6 Å². The van der Waals surface area contributed by atoms with Crippen LogP contribution in [-0.2, 0) is 11.3 Å². The smallest absolute Gasteiger partial charge is 0.277 e. The van der Waals surface area contributed by atoms with E-state index in [2.05, 4.69) is 47.8 Å². The van der Waals surface area contributed by atoms with E-state index >= 15 is 0 Å². The second-order valence-corrected chi connectivity index (χ2v) is 6.56. The molecular formula is C19H27N3O+2. The summed E-state index contributed by atoms with van der Waals surface area (Å²) in [7, 11) is 1.72. The maximum Gasteiger partial charge on any atom is 0.277 e. The van der Waals surface area contributed by atoms with E-state index in [-0.39, 0.29) is 11.9 Å². The molecular weight excluding hydrogens is 286 g/mol. The first-order chi connectivity index (χ1) is 11.2. The van der Waals surface area contributed by atoms with Gasteiger partial charge in [-0.25, -0.2) is 0 Å². The number of likely N-dealkylation sites (N-methyl/N-ethyl adjacent to an activating group) is 1. The summed E-state index contributed by atoms with van der Waals surface area (Å²) >= 11 is 0. The topological polar surface area (TPSA) is 38.0 Å². The monoisotopic (exact) mass is 313 g/mol. The summed E-state index contributed by atoms with van der Waals surface area (Å²) < 4.78 is 0. The normalized spacial score (nSPS) is 22.7. The molecule has 2 aromatic carbocycles. The van der Waals surface area contributed by atoms with Crippen LogP contribution in [-0.4, -0.2) is 45.2 Å². The first-order valence-corrected chi connectivity index (χ1v) is 8.55. The summed E-state index contributed by atoms with van der Waals surface area (Å²) in [5.74, 6) is 0.150. The molecule has 0 radical (unpaired) electrons. The van der Waals surface area contributed by atoms with Gasteiger partial charge in [-0.3, -0.25) is 4.79 Å². The predicted octanol–water partition coefficient (Wildman–Crippen LogP) is -0.742. The highest BCUT2D eigenvalue weighted by Crippen LogP contribution is 2.17. The molecule has 3 N–H and O–H groups in total. The largest absolute Gasteiger partial charge is 0.354 e. The molecule has 4 heteroatoms. The molecule has 2 aromatic rings. The maximum atomic E-state index is 11.8. The molecule has 1 saturated heterocycles. The molecule has 0 aliphatic carbocycles. The maximum absolute atomic E-state index is 11.8. The molecule has 0 spiro atoms. The minimum atomic E-state index is 0.0547. The van der Waals surface area contributed by atoms with Crippen LogP contribution < -0.4 is 15.1 Å². The molecule has 122 valence electrons. The number of amides is 1. The number of hydrogen-bond donors (Lipinski definition) is 3. The average Bonchev–Trinajstić information content (AvgIpc) is 2.61. The Hall–Kier alpha value is -1.91. The zero-order chi connectivity index (χ0) is 16.2. The fourth-order valence-corrected chi connectivity index (χ4v) is 3.65. The zero-order valence-electron chi connectivity index (χ0n) is 14.1. The van der Waals surface area contributed by atoms with Crippen LogP contribution in [0.3, 0.4) is 0 Å². The SMILES string of the molecule is CNC(=O)[C@@H](C)[NH+]1CC[NH+](Cc2cccc3ccccc23)CC1. The summed E-state index contributed by atoms with van der Waals surface area (Å²) in [6.07, 6.45) is 0. The number of nitrogens with one attached hydrogen (secondary N) is 3. The van der Waals surface area contributed by atoms with Crippen LogP contribution in [0.25, 0.3) is 10.8 Å². The minimum Gasteiger partial charge on any atom is -0.354 e. The Labute approximate surface area is 138 Å². The minimum absolute atomic E-state index is 0.0547. The van der Waals surface area contributed by atoms with Gasteiger partial charge in [-0.2, -0.15) is 0 Å². The number of quaternary nitrogens is 2. The van der Waals surface area contributed by atoms with Gasteiger partial charge < -0.3 is 15.1 Å². The van der Waals surface area contributed by atoms with Gasteiger partial charge in [0.1, 0.15) is 32.7 Å². The molecule has 1 aliphatic rings. The molecule has 0 saturated carbocycles. The van der Waals surface area contributed by atoms with Crippen molar-refractivity contribution in [1.29, 1.82) is 0 Å². The standard InChI is InChI=1S/C19H25N3O/c1-15(19(23)20-2)22-12-10-21(11-13-22)14-17-8-5-7-16-6-3-4-9-18(16)17/h3-9,15H,10-14H2,1-2H3,(H,20,23)/p+2/t15-/m1/s1. The van der Waals surface area contributed by atoms with Gasteiger partial charge in [-0.05, 0) is 17.7 Å². The lowest BCUT2D eigenvalue weighted by molar-refractivity contribution is -1.02. The van der Waals surface area contributed by atoms with Gasteiger partial charge in [0.05, 0.1) is 0 Å². The third kappa shape index (κ3) is 3.54. The molecule has 23 heavy (non-hydrogen) atoms. The van der Waals surface area contributed by atoms with Crippen LogP contribution in [0.2, 0.25) is 0 Å². The van der Waals surface area contributed by atoms with E-state index in [1.807, 2.05) is 6.92 Å². The molecule has 3 rings (SSSR count). The van der Waals surface area contributed by atoms with Crippen molar-refractivity contribution in [1.82, 2.24) is 5.32 Å². The summed E-state index contributed by atoms with van der Waals surface area (Å²) in [4.78, 5) is 14.8. The van der Waals surface area contributed by atoms with Gasteiger partial charge >= 0.3 is 0 Å². The van der Waals surface area contributed by atoms with Gasteiger partial charge in [0.2, 0.25) is 0 Å². The van der Waals surface area contributed by atoms with Crippen LogP contribution >= 0.6 is 0 Å². The van der Waals surface area contributed by atoms with E-state index in [1.54, 1.807) is 11.9 Å². The third-order valence-electron chi connectivity index (χ3n) is 5.17. The second kappa shape index (κ2) is 7.11. The van der Waals surface area contributed by atoms with Crippen LogP contribution in [0.15, 0.2) is 42.5 Å². The van der Waals surface area contributed by atoms with Crippen molar-refractivity contribution in [2.75, 3.05) is 33.2 Å². The summed E-state index contributed by atoms with van der Waals surface area (Å²) in [6, 6.07) is 15.3. The Morgan fingerprint density at radius 1 is 1.09 bits per heavy atom. The highest BCUT2D eigenvalue weighted by atomic mass is 16.2. The Kier molecular flexibility index (Phi) is 4.94. The molecule has 0 unspecified atom stereocenters. The molecule has 1 amide bonds. The summed E-state index contributed by atoms with van der Waals surface area (Å²) in [5, 5.41) is 5.46. The van der Waals surface area contributed by atoms with E-state index in [4.69, 9.17) is 0 Å². The number of carbonyl (C=O) groups excluding carboxylic acids is 1. The van der Waals surface area contributed by atoms with Crippen molar-refractivity contribution < 1.29 is 14.6 Å². The Balaban J connectivity index is 1.63. The number of piperazine rings is 1. The molecule has 1 fully saturated rings. The average molecular weight is 313 g/mol. The molecule has 4 nitrogen and oxygen atoms in total. The summed E-state index contributed by atoms with van der Waals surface area (Å²) in [6.45, 7) is 7.48. The van der Waals surface area contributed by atoms with Gasteiger partial charge in [-0.15, -0.1) is 0 Å². The van der Waals surface area contributed by atoms with Gasteiger partial charge in [-0.1, -0.05) is 42.5 Å². The third-order valence-corrected chi connectivity index (χ3v) is 5.17. The van der Waals surface area contributed by atoms with Crippen molar-refractivity contribution in [2.45, 2.75) is 19.5 Å². The highest BCUT2D eigenvalue weighted by Gasteiger charge is 2.30. The van der Waals surface area contributed by atoms with E-state index < -0.39 is 0 Å². The Bertz CT molecular complexity index is 672. The van der Waals surface area contributed by atoms with E-state index in [0.717, 1.165) is 32.7 Å². The van der Waals surface area contributed by atoms with Gasteiger partial charge in [0.25, 0.3) is 5.91 Å². The van der Waals surface area contributed by atoms with Gasteiger partial charge in [0.15, 0.2) is 6.04 Å². The number of rotatable bonds is 4. The number of benzene rings is 2. The first kappa shape index (κ1) is 16.0. The van der Waals surface area contributed by atoms with Crippen LogP contribution in [0.5, 0.6) is 0 Å². The van der Waals surface area contributed by atoms with Crippen LogP contribution in [0.4, 0.5) is 0 Å². The van der Waals surface area contributed by atoms with E-state index in [0.29, 0.717) is 0 Å².